The zero-order valence-corrected chi connectivity index (χ0v) is 23.3. The van der Waals surface area contributed by atoms with Gasteiger partial charge in [-0.1, -0.05) is 16.8 Å². The van der Waals surface area contributed by atoms with Crippen molar-refractivity contribution in [2.45, 2.75) is 45.5 Å². The number of hydrogen-bond donors (Lipinski definition) is 2. The van der Waals surface area contributed by atoms with E-state index in [-0.39, 0.29) is 45.1 Å². The van der Waals surface area contributed by atoms with Crippen LogP contribution in [-0.2, 0) is 12.5 Å². The van der Waals surface area contributed by atoms with E-state index in [4.69, 9.17) is 11.6 Å². The summed E-state index contributed by atoms with van der Waals surface area (Å²) in [6.07, 6.45) is -4.10. The maximum Gasteiger partial charge on any atom is 0.459 e. The Hall–Kier alpha value is -4.91. The van der Waals surface area contributed by atoms with Crippen molar-refractivity contribution in [2.24, 2.45) is 0 Å². The maximum atomic E-state index is 13.7. The van der Waals surface area contributed by atoms with E-state index in [1.807, 2.05) is 6.07 Å². The average molecular weight is 622 g/mol. The van der Waals surface area contributed by atoms with Gasteiger partial charge in [-0.05, 0) is 56.7 Å². The van der Waals surface area contributed by atoms with Gasteiger partial charge in [-0.25, -0.2) is 14.3 Å². The molecule has 2 N–H and O–H groups in total. The molecule has 0 aliphatic carbocycles. The van der Waals surface area contributed by atoms with Gasteiger partial charge in [-0.3, -0.25) is 9.59 Å². The van der Waals surface area contributed by atoms with Gasteiger partial charge in [0, 0.05) is 12.2 Å². The van der Waals surface area contributed by atoms with Crippen molar-refractivity contribution in [3.63, 3.8) is 0 Å². The minimum Gasteiger partial charge on any atom is -0.350 e. The number of carbonyl (C=O) groups excluding carboxylic acids is 2. The molecule has 224 valence electrons. The van der Waals surface area contributed by atoms with Crippen LogP contribution >= 0.6 is 11.6 Å². The molecule has 2 amide bonds. The van der Waals surface area contributed by atoms with Crippen LogP contribution in [0.3, 0.4) is 0 Å². The molecule has 0 bridgehead atoms. The van der Waals surface area contributed by atoms with Crippen LogP contribution in [0, 0.1) is 18.3 Å². The van der Waals surface area contributed by atoms with Crippen molar-refractivity contribution in [1.29, 1.82) is 5.26 Å². The zero-order valence-electron chi connectivity index (χ0n) is 22.5. The fraction of sp³-hybridized carbons (Fsp3) is 0.269. The number of alkyl halides is 5. The summed E-state index contributed by atoms with van der Waals surface area (Å²) < 4.78 is 67.5. The van der Waals surface area contributed by atoms with Crippen molar-refractivity contribution in [2.75, 3.05) is 5.32 Å². The van der Waals surface area contributed by atoms with Gasteiger partial charge in [-0.15, -0.1) is 5.10 Å². The second kappa shape index (κ2) is 11.8. The molecule has 17 heteroatoms. The van der Waals surface area contributed by atoms with Crippen molar-refractivity contribution < 1.29 is 31.5 Å². The summed E-state index contributed by atoms with van der Waals surface area (Å²) in [5, 5.41) is 25.4. The van der Waals surface area contributed by atoms with Gasteiger partial charge in [0.05, 0.1) is 46.3 Å². The summed E-state index contributed by atoms with van der Waals surface area (Å²) >= 11 is 6.28. The molecule has 1 aromatic carbocycles. The Kier molecular flexibility index (Phi) is 8.49. The smallest absolute Gasteiger partial charge is 0.350 e. The largest absolute Gasteiger partial charge is 0.459 e. The van der Waals surface area contributed by atoms with E-state index >= 15 is 0 Å². The molecular weight excluding hydrogens is 601 g/mol. The second-order valence-electron chi connectivity index (χ2n) is 9.52. The highest BCUT2D eigenvalue weighted by Gasteiger charge is 2.60. The molecule has 0 unspecified atom stereocenters. The zero-order chi connectivity index (χ0) is 31.7. The standard InChI is InChI=1S/C26H21ClF5N9O2/c1-13(2)35-23(42)17-8-15(10-33)7-14(3)21(17)36-24(43)19-9-16(38-41(19)22-18(27)5-4-6-34-22)11-40-12-20(37-39-40)25(28,29)26(30,31)32/h4-9,12-13H,11H2,1-3H3,(H,35,42)(H,36,43). The number of pyridine rings is 1. The summed E-state index contributed by atoms with van der Waals surface area (Å²) in [6, 6.07) is 8.70. The molecular formula is C26H21ClF5N9O2. The van der Waals surface area contributed by atoms with Gasteiger partial charge < -0.3 is 10.6 Å². The summed E-state index contributed by atoms with van der Waals surface area (Å²) in [7, 11) is 0. The molecule has 3 aromatic heterocycles. The lowest BCUT2D eigenvalue weighted by Crippen LogP contribution is -2.34. The van der Waals surface area contributed by atoms with Gasteiger partial charge in [0.1, 0.15) is 5.69 Å². The first-order valence-electron chi connectivity index (χ1n) is 12.3. The molecule has 0 atom stereocenters. The summed E-state index contributed by atoms with van der Waals surface area (Å²) in [6.45, 7) is 4.59. The molecule has 0 saturated heterocycles. The van der Waals surface area contributed by atoms with E-state index in [9.17, 15) is 36.8 Å². The van der Waals surface area contributed by atoms with Crippen molar-refractivity contribution in [3.05, 3.63) is 81.5 Å². The highest BCUT2D eigenvalue weighted by molar-refractivity contribution is 6.32. The monoisotopic (exact) mass is 621 g/mol. The van der Waals surface area contributed by atoms with Crippen molar-refractivity contribution >= 4 is 29.1 Å². The van der Waals surface area contributed by atoms with Crippen LogP contribution < -0.4 is 10.6 Å². The predicted molar refractivity (Wildman–Crippen MR) is 142 cm³/mol. The van der Waals surface area contributed by atoms with Gasteiger partial charge in [0.25, 0.3) is 11.8 Å². The van der Waals surface area contributed by atoms with E-state index < -0.39 is 36.2 Å². The van der Waals surface area contributed by atoms with E-state index in [1.165, 1.54) is 36.5 Å². The van der Waals surface area contributed by atoms with E-state index in [0.717, 1.165) is 4.68 Å². The van der Waals surface area contributed by atoms with E-state index in [0.29, 0.717) is 16.4 Å². The number of nitrogens with one attached hydrogen (secondary N) is 2. The lowest BCUT2D eigenvalue weighted by atomic mass is 10.0. The third-order valence-electron chi connectivity index (χ3n) is 5.84. The summed E-state index contributed by atoms with van der Waals surface area (Å²) in [4.78, 5) is 30.7. The fourth-order valence-electron chi connectivity index (χ4n) is 3.91. The Morgan fingerprint density at radius 3 is 2.49 bits per heavy atom. The quantitative estimate of drug-likeness (QED) is 0.269. The lowest BCUT2D eigenvalue weighted by molar-refractivity contribution is -0.291. The number of benzene rings is 1. The highest BCUT2D eigenvalue weighted by atomic mass is 35.5. The number of aromatic nitrogens is 6. The number of nitrogens with zero attached hydrogens (tertiary/aromatic N) is 7. The number of anilines is 1. The average Bonchev–Trinajstić information content (AvgIpc) is 3.57. The number of carbonyl (C=O) groups is 2. The summed E-state index contributed by atoms with van der Waals surface area (Å²) in [5.41, 5.74) is -1.12. The van der Waals surface area contributed by atoms with Gasteiger partial charge in [0.15, 0.2) is 11.5 Å². The van der Waals surface area contributed by atoms with Crippen LogP contribution in [0.4, 0.5) is 27.6 Å². The van der Waals surface area contributed by atoms with Crippen LogP contribution in [0.1, 0.15) is 57.2 Å². The predicted octanol–water partition coefficient (Wildman–Crippen LogP) is 4.79. The van der Waals surface area contributed by atoms with Crippen LogP contribution in [-0.4, -0.2) is 53.8 Å². The summed E-state index contributed by atoms with van der Waals surface area (Å²) in [5.74, 6) is -6.60. The molecule has 0 spiro atoms. The lowest BCUT2D eigenvalue weighted by Gasteiger charge is -2.16. The van der Waals surface area contributed by atoms with E-state index in [2.05, 4.69) is 31.0 Å². The fourth-order valence-corrected chi connectivity index (χ4v) is 4.11. The van der Waals surface area contributed by atoms with Gasteiger partial charge >= 0.3 is 12.1 Å². The first-order valence-corrected chi connectivity index (χ1v) is 12.7. The number of aryl methyl sites for hydroxylation is 1. The first kappa shape index (κ1) is 31.0. The van der Waals surface area contributed by atoms with E-state index in [1.54, 1.807) is 20.8 Å². The van der Waals surface area contributed by atoms with Crippen LogP contribution in [0.15, 0.2) is 42.7 Å². The third-order valence-corrected chi connectivity index (χ3v) is 6.14. The number of amides is 2. The van der Waals surface area contributed by atoms with Crippen LogP contribution in [0.25, 0.3) is 5.82 Å². The highest BCUT2D eigenvalue weighted by Crippen LogP contribution is 2.42. The third kappa shape index (κ3) is 6.46. The topological polar surface area (TPSA) is 143 Å². The molecule has 43 heavy (non-hydrogen) atoms. The normalized spacial score (nSPS) is 11.8. The molecule has 4 aromatic rings. The Morgan fingerprint density at radius 2 is 1.86 bits per heavy atom. The Bertz CT molecular complexity index is 1740. The second-order valence-corrected chi connectivity index (χ2v) is 9.93. The molecule has 0 aliphatic heterocycles. The number of nitriles is 1. The maximum absolute atomic E-state index is 13.7. The molecule has 0 fully saturated rings. The van der Waals surface area contributed by atoms with Crippen LogP contribution in [0.2, 0.25) is 5.02 Å². The van der Waals surface area contributed by atoms with Crippen molar-refractivity contribution in [3.8, 4) is 11.9 Å². The van der Waals surface area contributed by atoms with Gasteiger partial charge in [-0.2, -0.15) is 32.3 Å². The molecule has 0 aliphatic rings. The SMILES string of the molecule is Cc1cc(C#N)cc(C(=O)NC(C)C)c1NC(=O)c1cc(Cn2cc(C(F)(F)C(F)(F)F)nn2)nn1-c1ncccc1Cl. The first-order chi connectivity index (χ1) is 20.1. The molecule has 3 heterocycles. The molecule has 4 rings (SSSR count). The number of halogens is 6. The van der Waals surface area contributed by atoms with Gasteiger partial charge in [0.2, 0.25) is 0 Å². The number of rotatable bonds is 8. The van der Waals surface area contributed by atoms with Crippen LogP contribution in [0.5, 0.6) is 0 Å². The number of hydrogen-bond acceptors (Lipinski definition) is 7. The molecule has 11 nitrogen and oxygen atoms in total. The molecule has 0 radical (unpaired) electrons. The Labute approximate surface area is 245 Å². The minimum absolute atomic E-state index is 0.00206. The Morgan fingerprint density at radius 1 is 1.14 bits per heavy atom. The molecule has 0 saturated carbocycles. The Balaban J connectivity index is 1.75. The minimum atomic E-state index is -5.88. The van der Waals surface area contributed by atoms with Crippen molar-refractivity contribution in [1.82, 2.24) is 35.1 Å².